The van der Waals surface area contributed by atoms with Crippen LogP contribution in [0.25, 0.3) is 16.8 Å². The first kappa shape index (κ1) is 10.4. The summed E-state index contributed by atoms with van der Waals surface area (Å²) in [6.45, 7) is 2.70. The maximum absolute atomic E-state index is 5.71. The number of imidazole rings is 2. The van der Waals surface area contributed by atoms with Gasteiger partial charge in [0.05, 0.1) is 16.7 Å². The van der Waals surface area contributed by atoms with Crippen LogP contribution in [0.5, 0.6) is 0 Å². The molecule has 0 aliphatic rings. The fraction of sp³-hybridized carbons (Fsp3) is 0.308. The first-order chi connectivity index (χ1) is 8.24. The van der Waals surface area contributed by atoms with Crippen molar-refractivity contribution in [1.29, 1.82) is 0 Å². The largest absolute Gasteiger partial charge is 0.325 e. The van der Waals surface area contributed by atoms with E-state index in [-0.39, 0.29) is 0 Å². The highest BCUT2D eigenvalue weighted by molar-refractivity contribution is 5.80. The third-order valence-electron chi connectivity index (χ3n) is 3.36. The van der Waals surface area contributed by atoms with Gasteiger partial charge < -0.3 is 10.3 Å². The van der Waals surface area contributed by atoms with E-state index in [0.29, 0.717) is 6.54 Å². The molecule has 1 aromatic carbocycles. The Morgan fingerprint density at radius 3 is 2.88 bits per heavy atom. The first-order valence-electron chi connectivity index (χ1n) is 5.90. The molecule has 17 heavy (non-hydrogen) atoms. The molecule has 3 rings (SSSR count). The lowest BCUT2D eigenvalue weighted by atomic mass is 10.1. The summed E-state index contributed by atoms with van der Waals surface area (Å²) in [7, 11) is 2.00. The van der Waals surface area contributed by atoms with Crippen LogP contribution in [0.1, 0.15) is 18.2 Å². The van der Waals surface area contributed by atoms with Crippen LogP contribution in [0, 0.1) is 0 Å². The molecule has 0 atom stereocenters. The molecule has 0 aliphatic carbocycles. The van der Waals surface area contributed by atoms with Crippen molar-refractivity contribution in [1.82, 2.24) is 14.0 Å². The first-order valence-corrected chi connectivity index (χ1v) is 5.90. The molecule has 0 fully saturated rings. The van der Waals surface area contributed by atoms with Crippen molar-refractivity contribution in [3.63, 3.8) is 0 Å². The normalized spacial score (nSPS) is 11.7. The van der Waals surface area contributed by atoms with Crippen LogP contribution in [0.3, 0.4) is 0 Å². The molecule has 0 aliphatic heterocycles. The smallest absolute Gasteiger partial charge is 0.214 e. The number of nitrogens with two attached hydrogens (primary N) is 1. The van der Waals surface area contributed by atoms with Gasteiger partial charge in [0.2, 0.25) is 5.78 Å². The highest BCUT2D eigenvalue weighted by atomic mass is 15.2. The molecule has 4 nitrogen and oxygen atoms in total. The third kappa shape index (κ3) is 1.37. The summed E-state index contributed by atoms with van der Waals surface area (Å²) < 4.78 is 4.17. The van der Waals surface area contributed by atoms with Gasteiger partial charge in [-0.3, -0.25) is 4.40 Å². The van der Waals surface area contributed by atoms with E-state index in [0.717, 1.165) is 28.9 Å². The maximum atomic E-state index is 5.71. The van der Waals surface area contributed by atoms with E-state index < -0.39 is 0 Å². The minimum absolute atomic E-state index is 0.537. The molecule has 0 bridgehead atoms. The monoisotopic (exact) mass is 228 g/mol. The van der Waals surface area contributed by atoms with E-state index in [1.807, 2.05) is 11.6 Å². The molecule has 0 radical (unpaired) electrons. The number of aryl methyl sites for hydroxylation is 2. The zero-order chi connectivity index (χ0) is 12.0. The number of fused-ring (bicyclic) bond motifs is 3. The summed E-state index contributed by atoms with van der Waals surface area (Å²) in [5.74, 6) is 0.953. The second-order valence-corrected chi connectivity index (χ2v) is 4.34. The molecular formula is C13H16N4. The SMILES string of the molecule is CCc1ccc2nc3n(C)c(CN)cn3c2c1. The number of rotatable bonds is 2. The van der Waals surface area contributed by atoms with Crippen LogP contribution in [-0.2, 0) is 20.0 Å². The summed E-state index contributed by atoms with van der Waals surface area (Å²) in [5, 5.41) is 0. The summed E-state index contributed by atoms with van der Waals surface area (Å²) >= 11 is 0. The van der Waals surface area contributed by atoms with Crippen molar-refractivity contribution < 1.29 is 0 Å². The molecular weight excluding hydrogens is 212 g/mol. The fourth-order valence-corrected chi connectivity index (χ4v) is 2.26. The Morgan fingerprint density at radius 1 is 1.35 bits per heavy atom. The molecule has 88 valence electrons. The number of nitrogens with zero attached hydrogens (tertiary/aromatic N) is 3. The molecule has 3 aromatic rings. The Kier molecular flexibility index (Phi) is 2.19. The predicted molar refractivity (Wildman–Crippen MR) is 68.9 cm³/mol. The second-order valence-electron chi connectivity index (χ2n) is 4.34. The molecule has 0 unspecified atom stereocenters. The summed E-state index contributed by atoms with van der Waals surface area (Å²) in [6.07, 6.45) is 3.11. The Hall–Kier alpha value is -1.81. The Balaban J connectivity index is 2.39. The lowest BCUT2D eigenvalue weighted by Crippen LogP contribution is -2.02. The van der Waals surface area contributed by atoms with Crippen LogP contribution in [0.15, 0.2) is 24.4 Å². The third-order valence-corrected chi connectivity index (χ3v) is 3.36. The van der Waals surface area contributed by atoms with Crippen molar-refractivity contribution in [2.24, 2.45) is 12.8 Å². The molecule has 2 heterocycles. The van der Waals surface area contributed by atoms with E-state index in [4.69, 9.17) is 5.73 Å². The number of hydrogen-bond acceptors (Lipinski definition) is 2. The van der Waals surface area contributed by atoms with E-state index in [1.165, 1.54) is 5.56 Å². The molecule has 0 saturated carbocycles. The van der Waals surface area contributed by atoms with Crippen molar-refractivity contribution in [2.75, 3.05) is 0 Å². The van der Waals surface area contributed by atoms with Crippen LogP contribution < -0.4 is 5.73 Å². The van der Waals surface area contributed by atoms with Gasteiger partial charge in [-0.05, 0) is 24.1 Å². The number of hydrogen-bond donors (Lipinski definition) is 1. The quantitative estimate of drug-likeness (QED) is 0.727. The van der Waals surface area contributed by atoms with Gasteiger partial charge in [-0.2, -0.15) is 0 Å². The van der Waals surface area contributed by atoms with Crippen LogP contribution in [0.2, 0.25) is 0 Å². The highest BCUT2D eigenvalue weighted by Gasteiger charge is 2.10. The van der Waals surface area contributed by atoms with Crippen molar-refractivity contribution >= 4 is 16.8 Å². The minimum Gasteiger partial charge on any atom is -0.325 e. The van der Waals surface area contributed by atoms with Gasteiger partial charge in [0, 0.05) is 19.8 Å². The van der Waals surface area contributed by atoms with Crippen LogP contribution in [-0.4, -0.2) is 14.0 Å². The van der Waals surface area contributed by atoms with Gasteiger partial charge in [0.25, 0.3) is 0 Å². The average molecular weight is 228 g/mol. The lowest BCUT2D eigenvalue weighted by Gasteiger charge is -1.97. The minimum atomic E-state index is 0.537. The van der Waals surface area contributed by atoms with E-state index in [2.05, 4.69) is 40.7 Å². The molecule has 0 spiro atoms. The Labute approximate surface area is 99.7 Å². The summed E-state index contributed by atoms with van der Waals surface area (Å²) in [5.41, 5.74) is 10.3. The van der Waals surface area contributed by atoms with Gasteiger partial charge in [0.1, 0.15) is 0 Å². The highest BCUT2D eigenvalue weighted by Crippen LogP contribution is 2.20. The molecule has 0 amide bonds. The van der Waals surface area contributed by atoms with Crippen LogP contribution in [0.4, 0.5) is 0 Å². The van der Waals surface area contributed by atoms with Gasteiger partial charge in [-0.25, -0.2) is 4.98 Å². The molecule has 0 saturated heterocycles. The lowest BCUT2D eigenvalue weighted by molar-refractivity contribution is 0.840. The van der Waals surface area contributed by atoms with Gasteiger partial charge in [-0.15, -0.1) is 0 Å². The number of aromatic nitrogens is 3. The summed E-state index contributed by atoms with van der Waals surface area (Å²) in [4.78, 5) is 4.63. The van der Waals surface area contributed by atoms with E-state index >= 15 is 0 Å². The average Bonchev–Trinajstić information content (AvgIpc) is 2.86. The Bertz CT molecular complexity index is 690. The molecule has 2 aromatic heterocycles. The van der Waals surface area contributed by atoms with Crippen molar-refractivity contribution in [2.45, 2.75) is 19.9 Å². The second kappa shape index (κ2) is 3.60. The van der Waals surface area contributed by atoms with Crippen molar-refractivity contribution in [3.05, 3.63) is 35.7 Å². The van der Waals surface area contributed by atoms with Gasteiger partial charge >= 0.3 is 0 Å². The molecule has 2 N–H and O–H groups in total. The predicted octanol–water partition coefficient (Wildman–Crippen LogP) is 1.85. The van der Waals surface area contributed by atoms with Gasteiger partial charge in [-0.1, -0.05) is 13.0 Å². The van der Waals surface area contributed by atoms with Crippen molar-refractivity contribution in [3.8, 4) is 0 Å². The maximum Gasteiger partial charge on any atom is 0.214 e. The van der Waals surface area contributed by atoms with Crippen LogP contribution >= 0.6 is 0 Å². The Morgan fingerprint density at radius 2 is 2.18 bits per heavy atom. The van der Waals surface area contributed by atoms with E-state index in [1.54, 1.807) is 0 Å². The number of benzene rings is 1. The van der Waals surface area contributed by atoms with E-state index in [9.17, 15) is 0 Å². The fourth-order valence-electron chi connectivity index (χ4n) is 2.26. The zero-order valence-electron chi connectivity index (χ0n) is 10.1. The van der Waals surface area contributed by atoms with Gasteiger partial charge in [0.15, 0.2) is 0 Å². The zero-order valence-corrected chi connectivity index (χ0v) is 10.1. The standard InChI is InChI=1S/C13H16N4/c1-3-9-4-5-11-12(6-9)17-8-10(7-14)16(2)13(17)15-11/h4-6,8H,3,7,14H2,1-2H3. The topological polar surface area (TPSA) is 48.2 Å². The molecule has 4 heteroatoms. The summed E-state index contributed by atoms with van der Waals surface area (Å²) in [6, 6.07) is 6.43.